The summed E-state index contributed by atoms with van der Waals surface area (Å²) < 4.78 is 7.10. The highest BCUT2D eigenvalue weighted by atomic mass is 32.1. The van der Waals surface area contributed by atoms with E-state index in [2.05, 4.69) is 59.4 Å². The topological polar surface area (TPSA) is 188 Å². The van der Waals surface area contributed by atoms with E-state index in [9.17, 15) is 19.2 Å². The number of H-pyrrole nitrogens is 1. The molecule has 15 nitrogen and oxygen atoms in total. The number of aromatic amines is 1. The number of rotatable bonds is 15. The van der Waals surface area contributed by atoms with Gasteiger partial charge in [0.25, 0.3) is 5.91 Å². The zero-order valence-corrected chi connectivity index (χ0v) is 36.4. The zero-order chi connectivity index (χ0) is 43.3. The molecule has 4 heterocycles. The van der Waals surface area contributed by atoms with Gasteiger partial charge in [0.1, 0.15) is 4.88 Å². The highest BCUT2D eigenvalue weighted by Gasteiger charge is 2.45. The SMILES string of the molecule is CC(=O)N[C@H]1CCc2cc(N3C[C@H]4CC[C@@H](C3)C4C(=O)NCCOCCNC(=O)c3cnc(N=Nc4c(-c5ccccc5)[nH]n(-c5nc(-c6ccccc6)cs5)c4=O)s3)ccc2C1. The minimum Gasteiger partial charge on any atom is -0.378 e. The maximum Gasteiger partial charge on any atom is 0.301 e. The molecule has 9 rings (SSSR count). The van der Waals surface area contributed by atoms with E-state index in [-0.39, 0.29) is 53.7 Å². The molecule has 2 bridgehead atoms. The van der Waals surface area contributed by atoms with Gasteiger partial charge in [-0.2, -0.15) is 4.68 Å². The van der Waals surface area contributed by atoms with Crippen LogP contribution in [0.1, 0.15) is 47.0 Å². The van der Waals surface area contributed by atoms with Gasteiger partial charge in [0, 0.05) is 67.3 Å². The molecule has 4 atom stereocenters. The minimum atomic E-state index is -0.420. The summed E-state index contributed by atoms with van der Waals surface area (Å²) in [7, 11) is 0. The van der Waals surface area contributed by atoms with Crippen LogP contribution in [-0.4, -0.2) is 82.9 Å². The number of hydrogen-bond acceptors (Lipinski definition) is 12. The van der Waals surface area contributed by atoms with Crippen molar-refractivity contribution in [3.05, 3.63) is 117 Å². The second-order valence-electron chi connectivity index (χ2n) is 16.2. The average Bonchev–Trinajstić information content (AvgIpc) is 4.10. The van der Waals surface area contributed by atoms with Gasteiger partial charge in [-0.05, 0) is 67.2 Å². The number of carbonyl (C=O) groups is 3. The molecule has 3 aromatic heterocycles. The van der Waals surface area contributed by atoms with Crippen LogP contribution in [0.25, 0.3) is 27.6 Å². The predicted octanol–water partition coefficient (Wildman–Crippen LogP) is 6.85. The predicted molar refractivity (Wildman–Crippen MR) is 243 cm³/mol. The van der Waals surface area contributed by atoms with E-state index in [0.717, 1.165) is 73.4 Å². The van der Waals surface area contributed by atoms with Gasteiger partial charge in [-0.15, -0.1) is 21.6 Å². The Hall–Kier alpha value is -6.30. The molecule has 1 saturated carbocycles. The first-order chi connectivity index (χ1) is 30.8. The number of amides is 3. The third kappa shape index (κ3) is 9.55. The number of thiazole rings is 2. The molecule has 1 saturated heterocycles. The molecule has 3 amide bonds. The molecule has 63 heavy (non-hydrogen) atoms. The number of azo groups is 1. The number of fused-ring (bicyclic) bond motifs is 3. The molecule has 0 spiro atoms. The number of aryl methyl sites for hydroxylation is 1. The number of nitrogens with zero attached hydrogens (tertiary/aromatic N) is 6. The lowest BCUT2D eigenvalue weighted by molar-refractivity contribution is -0.128. The number of benzene rings is 3. The van der Waals surface area contributed by atoms with Crippen molar-refractivity contribution in [3.63, 3.8) is 0 Å². The maximum atomic E-state index is 13.7. The van der Waals surface area contributed by atoms with Crippen molar-refractivity contribution in [2.24, 2.45) is 28.0 Å². The molecule has 0 radical (unpaired) electrons. The second-order valence-corrected chi connectivity index (χ2v) is 18.1. The lowest BCUT2D eigenvalue weighted by Gasteiger charge is -2.39. The Morgan fingerprint density at radius 1 is 0.889 bits per heavy atom. The van der Waals surface area contributed by atoms with Crippen LogP contribution in [0, 0.1) is 17.8 Å². The van der Waals surface area contributed by atoms with Gasteiger partial charge < -0.3 is 25.6 Å². The third-order valence-electron chi connectivity index (χ3n) is 12.0. The van der Waals surface area contributed by atoms with Crippen molar-refractivity contribution >= 4 is 56.9 Å². The fourth-order valence-corrected chi connectivity index (χ4v) is 10.5. The van der Waals surface area contributed by atoms with Gasteiger partial charge in [-0.3, -0.25) is 24.3 Å². The number of anilines is 1. The largest absolute Gasteiger partial charge is 0.378 e. The van der Waals surface area contributed by atoms with Crippen LogP contribution in [0.2, 0.25) is 0 Å². The molecular weight excluding hydrogens is 837 g/mol. The van der Waals surface area contributed by atoms with E-state index in [1.807, 2.05) is 66.0 Å². The van der Waals surface area contributed by atoms with E-state index < -0.39 is 5.56 Å². The molecule has 6 aromatic rings. The van der Waals surface area contributed by atoms with Crippen LogP contribution in [-0.2, 0) is 27.2 Å². The smallest absolute Gasteiger partial charge is 0.301 e. The summed E-state index contributed by atoms with van der Waals surface area (Å²) in [6, 6.07) is 26.1. The average molecular weight is 885 g/mol. The quantitative estimate of drug-likeness (QED) is 0.0637. The van der Waals surface area contributed by atoms with Gasteiger partial charge >= 0.3 is 5.56 Å². The number of aromatic nitrogens is 4. The van der Waals surface area contributed by atoms with Crippen LogP contribution in [0.4, 0.5) is 16.5 Å². The monoisotopic (exact) mass is 884 g/mol. The Morgan fingerprint density at radius 2 is 1.62 bits per heavy atom. The first kappa shape index (κ1) is 42.0. The number of carbonyl (C=O) groups excluding carboxylic acids is 3. The molecule has 3 aromatic carbocycles. The number of ether oxygens (including phenoxy) is 1. The fourth-order valence-electron chi connectivity index (χ4n) is 9.08. The molecular formula is C46H48N10O5S2. The Kier molecular flexibility index (Phi) is 12.7. The summed E-state index contributed by atoms with van der Waals surface area (Å²) in [4.78, 5) is 63.3. The van der Waals surface area contributed by atoms with E-state index in [1.54, 1.807) is 6.92 Å². The molecule has 2 fully saturated rings. The van der Waals surface area contributed by atoms with Crippen molar-refractivity contribution in [1.29, 1.82) is 0 Å². The van der Waals surface area contributed by atoms with Crippen LogP contribution in [0.3, 0.4) is 0 Å². The van der Waals surface area contributed by atoms with Gasteiger partial charge in [0.15, 0.2) is 5.69 Å². The van der Waals surface area contributed by atoms with Gasteiger partial charge in [-0.1, -0.05) is 78.1 Å². The maximum absolute atomic E-state index is 13.7. The Morgan fingerprint density at radius 3 is 2.37 bits per heavy atom. The Balaban J connectivity index is 0.725. The molecule has 4 N–H and O–H groups in total. The Bertz CT molecular complexity index is 2660. The zero-order valence-electron chi connectivity index (χ0n) is 34.8. The normalized spacial score (nSPS) is 19.2. The fraction of sp³-hybridized carbons (Fsp3) is 0.348. The van der Waals surface area contributed by atoms with Crippen LogP contribution in [0.15, 0.2) is 105 Å². The lowest BCUT2D eigenvalue weighted by atomic mass is 9.83. The Labute approximate surface area is 372 Å². The molecule has 324 valence electrons. The van der Waals surface area contributed by atoms with E-state index in [4.69, 9.17) is 9.72 Å². The van der Waals surface area contributed by atoms with Crippen molar-refractivity contribution < 1.29 is 19.1 Å². The third-order valence-corrected chi connectivity index (χ3v) is 13.7. The summed E-state index contributed by atoms with van der Waals surface area (Å²) in [6.45, 7) is 4.60. The molecule has 1 unspecified atom stereocenters. The first-order valence-corrected chi connectivity index (χ1v) is 23.0. The summed E-state index contributed by atoms with van der Waals surface area (Å²) in [5.41, 5.74) is 6.50. The lowest BCUT2D eigenvalue weighted by Crippen LogP contribution is -2.48. The van der Waals surface area contributed by atoms with E-state index >= 15 is 0 Å². The molecule has 2 aliphatic carbocycles. The van der Waals surface area contributed by atoms with Crippen LogP contribution in [0.5, 0.6) is 0 Å². The van der Waals surface area contributed by atoms with Crippen molar-refractivity contribution in [2.75, 3.05) is 44.3 Å². The highest BCUT2D eigenvalue weighted by Crippen LogP contribution is 2.44. The highest BCUT2D eigenvalue weighted by molar-refractivity contribution is 7.17. The van der Waals surface area contributed by atoms with E-state index in [1.165, 1.54) is 39.0 Å². The van der Waals surface area contributed by atoms with Crippen molar-refractivity contribution in [3.8, 4) is 27.6 Å². The first-order valence-electron chi connectivity index (χ1n) is 21.3. The number of hydrogen-bond donors (Lipinski definition) is 4. The van der Waals surface area contributed by atoms with Crippen molar-refractivity contribution in [2.45, 2.75) is 45.1 Å². The number of nitrogens with one attached hydrogen (secondary N) is 4. The minimum absolute atomic E-state index is 0.00489. The standard InChI is InChI=1S/C46H48N10O5S2/c1-28(57)50-35-16-14-32-23-36(17-15-31(32)22-35)55-25-33-12-13-34(26-55)39(33)43(59)48-19-21-61-20-18-47-42(58)38-24-49-45(63-38)53-52-41-40(30-10-6-3-7-11-30)54-56(44(41)60)46-51-37(27-62-46)29-8-4-2-5-9-29/h2-11,15,17,23-24,27,33-35,39,54H,12-14,16,18-22,25-26H2,1H3,(H,47,58)(H,48,59)(H,50,57)/t33-,34+,35-,39?/m0/s1. The number of piperidine rings is 1. The summed E-state index contributed by atoms with van der Waals surface area (Å²) in [6.07, 6.45) is 6.31. The van der Waals surface area contributed by atoms with Crippen LogP contribution < -0.4 is 26.4 Å². The van der Waals surface area contributed by atoms with Gasteiger partial charge in [-0.25, -0.2) is 9.97 Å². The molecule has 1 aliphatic heterocycles. The summed E-state index contributed by atoms with van der Waals surface area (Å²) >= 11 is 2.39. The van der Waals surface area contributed by atoms with E-state index in [0.29, 0.717) is 40.7 Å². The van der Waals surface area contributed by atoms with Crippen molar-refractivity contribution in [1.82, 2.24) is 35.7 Å². The van der Waals surface area contributed by atoms with Gasteiger partial charge in [0.05, 0.1) is 30.8 Å². The molecule has 17 heteroatoms. The molecule has 3 aliphatic rings. The van der Waals surface area contributed by atoms with Crippen LogP contribution >= 0.6 is 22.7 Å². The second kappa shape index (κ2) is 19.0. The van der Waals surface area contributed by atoms with Gasteiger partial charge in [0.2, 0.25) is 22.1 Å². The summed E-state index contributed by atoms with van der Waals surface area (Å²) in [5, 5.41) is 23.3. The summed E-state index contributed by atoms with van der Waals surface area (Å²) in [5.74, 6) is 0.427.